The van der Waals surface area contributed by atoms with Gasteiger partial charge in [0.25, 0.3) is 10.2 Å². The van der Waals surface area contributed by atoms with Gasteiger partial charge in [-0.25, -0.2) is 0 Å². The van der Waals surface area contributed by atoms with Gasteiger partial charge >= 0.3 is 0 Å². The molecule has 2 heterocycles. The van der Waals surface area contributed by atoms with E-state index in [0.29, 0.717) is 26.2 Å². The average molecular weight is 317 g/mol. The molecule has 0 spiro atoms. The zero-order valence-corrected chi connectivity index (χ0v) is 14.1. The normalized spacial score (nSPS) is 30.4. The summed E-state index contributed by atoms with van der Waals surface area (Å²) in [5, 5.41) is 0. The van der Waals surface area contributed by atoms with Crippen molar-refractivity contribution in [3.8, 4) is 0 Å². The molecule has 0 amide bonds. The molecule has 0 saturated carbocycles. The number of ether oxygens (including phenoxy) is 1. The number of hydrogen-bond donors (Lipinski definition) is 0. The van der Waals surface area contributed by atoms with E-state index in [9.17, 15) is 8.42 Å². The molecule has 6 nitrogen and oxygen atoms in total. The first-order chi connectivity index (χ1) is 9.79. The van der Waals surface area contributed by atoms with Gasteiger partial charge in [-0.1, -0.05) is 12.2 Å². The minimum atomic E-state index is -3.37. The van der Waals surface area contributed by atoms with Crippen LogP contribution in [0.4, 0.5) is 0 Å². The second-order valence-corrected chi connectivity index (χ2v) is 8.14. The van der Waals surface area contributed by atoms with Crippen LogP contribution in [0.25, 0.3) is 0 Å². The van der Waals surface area contributed by atoms with E-state index in [4.69, 9.17) is 4.74 Å². The Labute approximate surface area is 128 Å². The van der Waals surface area contributed by atoms with Gasteiger partial charge in [-0.3, -0.25) is 4.90 Å². The molecule has 0 N–H and O–H groups in total. The summed E-state index contributed by atoms with van der Waals surface area (Å²) < 4.78 is 34.2. The maximum Gasteiger partial charge on any atom is 0.282 e. The Morgan fingerprint density at radius 2 is 1.62 bits per heavy atom. The summed E-state index contributed by atoms with van der Waals surface area (Å²) in [7, 11) is -3.37. The molecule has 2 atom stereocenters. The molecule has 0 unspecified atom stereocenters. The third-order valence-corrected chi connectivity index (χ3v) is 5.83. The minimum Gasteiger partial charge on any atom is -0.373 e. The number of nitrogens with zero attached hydrogens (tertiary/aromatic N) is 3. The van der Waals surface area contributed by atoms with Crippen molar-refractivity contribution >= 4 is 10.2 Å². The highest BCUT2D eigenvalue weighted by Crippen LogP contribution is 2.19. The molecule has 122 valence electrons. The largest absolute Gasteiger partial charge is 0.373 e. The molecule has 2 aliphatic heterocycles. The van der Waals surface area contributed by atoms with Crippen LogP contribution >= 0.6 is 0 Å². The van der Waals surface area contributed by atoms with Crippen molar-refractivity contribution < 1.29 is 13.2 Å². The number of piperazine rings is 1. The summed E-state index contributed by atoms with van der Waals surface area (Å²) in [6, 6.07) is 0. The Morgan fingerprint density at radius 1 is 1.10 bits per heavy atom. The van der Waals surface area contributed by atoms with Crippen molar-refractivity contribution in [3.05, 3.63) is 12.2 Å². The molecule has 0 aromatic carbocycles. The molecule has 0 aliphatic carbocycles. The maximum atomic E-state index is 12.7. The van der Waals surface area contributed by atoms with E-state index in [1.54, 1.807) is 8.61 Å². The Bertz CT molecular complexity index is 462. The van der Waals surface area contributed by atoms with Gasteiger partial charge in [0.05, 0.1) is 12.2 Å². The Kier molecular flexibility index (Phi) is 5.43. The van der Waals surface area contributed by atoms with Crippen LogP contribution in [0, 0.1) is 0 Å². The smallest absolute Gasteiger partial charge is 0.282 e. The molecule has 0 aromatic rings. The van der Waals surface area contributed by atoms with Crippen LogP contribution in [-0.2, 0) is 14.9 Å². The molecule has 2 fully saturated rings. The van der Waals surface area contributed by atoms with Gasteiger partial charge in [0, 0.05) is 45.8 Å². The van der Waals surface area contributed by atoms with Crippen LogP contribution in [0.2, 0.25) is 0 Å². The minimum absolute atomic E-state index is 0.0479. The highest BCUT2D eigenvalue weighted by atomic mass is 32.2. The molecular formula is C14H27N3O3S. The zero-order valence-electron chi connectivity index (χ0n) is 13.3. The molecular weight excluding hydrogens is 290 g/mol. The van der Waals surface area contributed by atoms with Crippen molar-refractivity contribution in [1.29, 1.82) is 0 Å². The van der Waals surface area contributed by atoms with Gasteiger partial charge in [0.15, 0.2) is 0 Å². The fourth-order valence-corrected chi connectivity index (χ4v) is 4.73. The summed E-state index contributed by atoms with van der Waals surface area (Å²) in [6.07, 6.45) is -0.0959. The molecule has 0 aromatic heterocycles. The van der Waals surface area contributed by atoms with Crippen LogP contribution in [-0.4, -0.2) is 79.9 Å². The van der Waals surface area contributed by atoms with Crippen LogP contribution in [0.5, 0.6) is 0 Å². The lowest BCUT2D eigenvalue weighted by atomic mass is 10.3. The lowest BCUT2D eigenvalue weighted by Gasteiger charge is -2.40. The molecule has 21 heavy (non-hydrogen) atoms. The predicted octanol–water partition coefficient (Wildman–Crippen LogP) is 0.534. The summed E-state index contributed by atoms with van der Waals surface area (Å²) in [5.74, 6) is 0. The number of hydrogen-bond acceptors (Lipinski definition) is 4. The second-order valence-electron chi connectivity index (χ2n) is 6.21. The lowest BCUT2D eigenvalue weighted by molar-refractivity contribution is -0.0457. The first kappa shape index (κ1) is 16.9. The summed E-state index contributed by atoms with van der Waals surface area (Å²) in [4.78, 5) is 2.25. The van der Waals surface area contributed by atoms with E-state index in [1.807, 2.05) is 20.8 Å². The third-order valence-electron chi connectivity index (χ3n) is 3.86. The van der Waals surface area contributed by atoms with E-state index < -0.39 is 10.2 Å². The SMILES string of the molecule is C=C(C)CN1CCN(S(=O)(=O)N2C[C@@H](C)O[C@@H](C)C2)CC1. The van der Waals surface area contributed by atoms with Crippen molar-refractivity contribution in [1.82, 2.24) is 13.5 Å². The van der Waals surface area contributed by atoms with Gasteiger partial charge in [-0.2, -0.15) is 17.0 Å². The summed E-state index contributed by atoms with van der Waals surface area (Å²) in [5.41, 5.74) is 1.11. The van der Waals surface area contributed by atoms with Gasteiger partial charge in [-0.15, -0.1) is 0 Å². The molecule has 2 saturated heterocycles. The lowest BCUT2D eigenvalue weighted by Crippen LogP contribution is -2.57. The van der Waals surface area contributed by atoms with Crippen LogP contribution in [0.15, 0.2) is 12.2 Å². The van der Waals surface area contributed by atoms with E-state index in [-0.39, 0.29) is 12.2 Å². The molecule has 0 radical (unpaired) electrons. The monoisotopic (exact) mass is 317 g/mol. The maximum absolute atomic E-state index is 12.7. The van der Waals surface area contributed by atoms with Crippen LogP contribution < -0.4 is 0 Å². The highest BCUT2D eigenvalue weighted by molar-refractivity contribution is 7.86. The molecule has 7 heteroatoms. The molecule has 2 rings (SSSR count). The van der Waals surface area contributed by atoms with Crippen molar-refractivity contribution in [3.63, 3.8) is 0 Å². The standard InChI is InChI=1S/C14H27N3O3S/c1-12(2)9-15-5-7-16(8-6-15)21(18,19)17-10-13(3)20-14(4)11-17/h13-14H,1,5-11H2,2-4H3/t13-,14+. The fourth-order valence-electron chi connectivity index (χ4n) is 2.98. The van der Waals surface area contributed by atoms with Crippen LogP contribution in [0.3, 0.4) is 0 Å². The predicted molar refractivity (Wildman–Crippen MR) is 83.3 cm³/mol. The number of morpholine rings is 1. The van der Waals surface area contributed by atoms with E-state index in [2.05, 4.69) is 11.5 Å². The van der Waals surface area contributed by atoms with Crippen molar-refractivity contribution in [2.45, 2.75) is 33.0 Å². The third kappa shape index (κ3) is 4.26. The van der Waals surface area contributed by atoms with Crippen molar-refractivity contribution in [2.75, 3.05) is 45.8 Å². The number of rotatable bonds is 4. The van der Waals surface area contributed by atoms with Gasteiger partial charge in [0.1, 0.15) is 0 Å². The Hall–Kier alpha value is -0.470. The van der Waals surface area contributed by atoms with Gasteiger partial charge in [-0.05, 0) is 20.8 Å². The topological polar surface area (TPSA) is 53.1 Å². The average Bonchev–Trinajstić information content (AvgIpc) is 2.37. The van der Waals surface area contributed by atoms with Crippen LogP contribution in [0.1, 0.15) is 20.8 Å². The Balaban J connectivity index is 1.96. The van der Waals surface area contributed by atoms with E-state index >= 15 is 0 Å². The first-order valence-electron chi connectivity index (χ1n) is 7.56. The second kappa shape index (κ2) is 6.75. The zero-order chi connectivity index (χ0) is 15.6. The Morgan fingerprint density at radius 3 is 2.10 bits per heavy atom. The molecule has 2 aliphatic rings. The van der Waals surface area contributed by atoms with Gasteiger partial charge < -0.3 is 4.74 Å². The fraction of sp³-hybridized carbons (Fsp3) is 0.857. The molecule has 0 bridgehead atoms. The quantitative estimate of drug-likeness (QED) is 0.710. The van der Waals surface area contributed by atoms with E-state index in [1.165, 1.54) is 0 Å². The summed E-state index contributed by atoms with van der Waals surface area (Å²) in [6.45, 7) is 14.1. The first-order valence-corrected chi connectivity index (χ1v) is 8.96. The summed E-state index contributed by atoms with van der Waals surface area (Å²) >= 11 is 0. The van der Waals surface area contributed by atoms with Gasteiger partial charge in [0.2, 0.25) is 0 Å². The van der Waals surface area contributed by atoms with Crippen molar-refractivity contribution in [2.24, 2.45) is 0 Å². The van der Waals surface area contributed by atoms with E-state index in [0.717, 1.165) is 25.2 Å². The highest BCUT2D eigenvalue weighted by Gasteiger charge is 2.36.